The Bertz CT molecular complexity index is 1040. The van der Waals surface area contributed by atoms with Crippen molar-refractivity contribution in [3.63, 3.8) is 0 Å². The van der Waals surface area contributed by atoms with Crippen LogP contribution in [0.3, 0.4) is 0 Å². The van der Waals surface area contributed by atoms with Gasteiger partial charge in [-0.05, 0) is 35.8 Å². The van der Waals surface area contributed by atoms with E-state index in [1.807, 2.05) is 91.9 Å². The van der Waals surface area contributed by atoms with Crippen molar-refractivity contribution in [3.8, 4) is 0 Å². The zero-order valence-corrected chi connectivity index (χ0v) is 17.4. The Hall–Kier alpha value is -3.92. The smallest absolute Gasteiger partial charge is 0.331 e. The van der Waals surface area contributed by atoms with E-state index in [1.54, 1.807) is 12.2 Å². The van der Waals surface area contributed by atoms with Gasteiger partial charge in [0.2, 0.25) is 5.91 Å². The highest BCUT2D eigenvalue weighted by molar-refractivity contribution is 5.91. The first-order chi connectivity index (χ1) is 15.1. The molecular weight excluding hydrogens is 386 g/mol. The average Bonchev–Trinajstić information content (AvgIpc) is 2.81. The van der Waals surface area contributed by atoms with Gasteiger partial charge in [-0.1, -0.05) is 90.5 Å². The summed E-state index contributed by atoms with van der Waals surface area (Å²) in [6, 6.07) is 26.8. The Labute approximate surface area is 182 Å². The number of ether oxygens (including phenoxy) is 1. The first kappa shape index (κ1) is 21.8. The second kappa shape index (κ2) is 11.3. The molecule has 1 atom stereocenters. The summed E-state index contributed by atoms with van der Waals surface area (Å²) in [6.07, 6.45) is 5.72. The molecule has 0 saturated carbocycles. The highest BCUT2D eigenvalue weighted by Gasteiger charge is 2.16. The Balaban J connectivity index is 1.64. The summed E-state index contributed by atoms with van der Waals surface area (Å²) in [6.45, 7) is 2.16. The second-order valence-corrected chi connectivity index (χ2v) is 7.07. The third-order valence-electron chi connectivity index (χ3n) is 4.61. The van der Waals surface area contributed by atoms with Crippen LogP contribution in [0.4, 0.5) is 0 Å². The number of rotatable bonds is 8. The van der Waals surface area contributed by atoms with Crippen LogP contribution >= 0.6 is 0 Å². The number of hydrogen-bond acceptors (Lipinski definition) is 3. The van der Waals surface area contributed by atoms with Gasteiger partial charge in [0.25, 0.3) is 0 Å². The molecule has 3 aromatic carbocycles. The maximum atomic E-state index is 12.4. The molecule has 31 heavy (non-hydrogen) atoms. The van der Waals surface area contributed by atoms with Gasteiger partial charge >= 0.3 is 5.97 Å². The minimum absolute atomic E-state index is 0.173. The van der Waals surface area contributed by atoms with E-state index in [1.165, 1.54) is 12.2 Å². The molecule has 1 amide bonds. The standard InChI is InChI=1S/C27H25NO3/c1-21-12-16-24(17-13-21)25(31-27(30)19-15-23-10-6-3-7-11-23)20-28-26(29)18-14-22-8-4-2-5-9-22/h2-19,25H,20H2,1H3,(H,28,29)/t25-/m1/s1. The third-order valence-corrected chi connectivity index (χ3v) is 4.61. The van der Waals surface area contributed by atoms with Gasteiger partial charge in [-0.15, -0.1) is 0 Å². The Morgan fingerprint density at radius 2 is 1.35 bits per heavy atom. The Morgan fingerprint density at radius 3 is 1.94 bits per heavy atom. The van der Waals surface area contributed by atoms with Crippen LogP contribution in [0, 0.1) is 6.92 Å². The van der Waals surface area contributed by atoms with Crippen LogP contribution in [-0.4, -0.2) is 18.4 Å². The molecule has 0 aromatic heterocycles. The summed E-state index contributed by atoms with van der Waals surface area (Å²) >= 11 is 0. The average molecular weight is 412 g/mol. The van der Waals surface area contributed by atoms with Crippen molar-refractivity contribution >= 4 is 24.0 Å². The van der Waals surface area contributed by atoms with Gasteiger partial charge in [-0.3, -0.25) is 4.79 Å². The van der Waals surface area contributed by atoms with Crippen LogP contribution in [0.25, 0.3) is 12.2 Å². The minimum atomic E-state index is -0.595. The van der Waals surface area contributed by atoms with Crippen molar-refractivity contribution in [2.75, 3.05) is 6.54 Å². The second-order valence-electron chi connectivity index (χ2n) is 7.07. The Kier molecular flexibility index (Phi) is 7.95. The fourth-order valence-electron chi connectivity index (χ4n) is 2.90. The lowest BCUT2D eigenvalue weighted by molar-refractivity contribution is -0.143. The van der Waals surface area contributed by atoms with Gasteiger partial charge in [-0.2, -0.15) is 0 Å². The molecule has 0 aliphatic carbocycles. The molecule has 0 unspecified atom stereocenters. The van der Waals surface area contributed by atoms with Gasteiger partial charge in [0.05, 0.1) is 6.54 Å². The highest BCUT2D eigenvalue weighted by atomic mass is 16.5. The zero-order valence-electron chi connectivity index (χ0n) is 17.4. The van der Waals surface area contributed by atoms with Crippen LogP contribution in [-0.2, 0) is 14.3 Å². The number of benzene rings is 3. The molecule has 0 heterocycles. The van der Waals surface area contributed by atoms with Gasteiger partial charge in [0, 0.05) is 12.2 Å². The topological polar surface area (TPSA) is 55.4 Å². The Morgan fingerprint density at radius 1 is 0.806 bits per heavy atom. The molecule has 0 bridgehead atoms. The molecular formula is C27H25NO3. The van der Waals surface area contributed by atoms with Crippen LogP contribution < -0.4 is 5.32 Å². The van der Waals surface area contributed by atoms with E-state index < -0.39 is 12.1 Å². The molecule has 4 heteroatoms. The summed E-state index contributed by atoms with van der Waals surface area (Å²) in [4.78, 5) is 24.6. The molecule has 0 spiro atoms. The number of carbonyl (C=O) groups excluding carboxylic acids is 2. The maximum absolute atomic E-state index is 12.4. The minimum Gasteiger partial charge on any atom is -0.452 e. The molecule has 3 aromatic rings. The number of amides is 1. The fourth-order valence-corrected chi connectivity index (χ4v) is 2.90. The van der Waals surface area contributed by atoms with Gasteiger partial charge in [0.15, 0.2) is 0 Å². The number of esters is 1. The van der Waals surface area contributed by atoms with Crippen LogP contribution in [0.2, 0.25) is 0 Å². The predicted molar refractivity (Wildman–Crippen MR) is 124 cm³/mol. The van der Waals surface area contributed by atoms with Gasteiger partial charge in [0.1, 0.15) is 6.10 Å². The lowest BCUT2D eigenvalue weighted by atomic mass is 10.1. The molecule has 0 saturated heterocycles. The highest BCUT2D eigenvalue weighted by Crippen LogP contribution is 2.18. The van der Waals surface area contributed by atoms with E-state index in [0.717, 1.165) is 22.3 Å². The number of aryl methyl sites for hydroxylation is 1. The van der Waals surface area contributed by atoms with Crippen molar-refractivity contribution in [2.45, 2.75) is 13.0 Å². The van der Waals surface area contributed by atoms with Crippen molar-refractivity contribution < 1.29 is 14.3 Å². The van der Waals surface area contributed by atoms with Gasteiger partial charge in [-0.25, -0.2) is 4.79 Å². The lowest BCUT2D eigenvalue weighted by Crippen LogP contribution is -2.29. The molecule has 1 N–H and O–H groups in total. The van der Waals surface area contributed by atoms with E-state index in [-0.39, 0.29) is 12.5 Å². The van der Waals surface area contributed by atoms with E-state index in [9.17, 15) is 9.59 Å². The largest absolute Gasteiger partial charge is 0.452 e. The fraction of sp³-hybridized carbons (Fsp3) is 0.111. The lowest BCUT2D eigenvalue weighted by Gasteiger charge is -2.18. The summed E-state index contributed by atoms with van der Waals surface area (Å²) in [5.41, 5.74) is 3.77. The first-order valence-corrected chi connectivity index (χ1v) is 10.1. The van der Waals surface area contributed by atoms with Crippen LogP contribution in [0.5, 0.6) is 0 Å². The monoisotopic (exact) mass is 411 g/mol. The molecule has 3 rings (SSSR count). The number of hydrogen-bond donors (Lipinski definition) is 1. The first-order valence-electron chi connectivity index (χ1n) is 10.1. The van der Waals surface area contributed by atoms with Crippen molar-refractivity contribution in [1.82, 2.24) is 5.32 Å². The van der Waals surface area contributed by atoms with Gasteiger partial charge < -0.3 is 10.1 Å². The quantitative estimate of drug-likeness (QED) is 0.413. The summed E-state index contributed by atoms with van der Waals surface area (Å²) in [7, 11) is 0. The van der Waals surface area contributed by atoms with E-state index in [4.69, 9.17) is 4.74 Å². The summed E-state index contributed by atoms with van der Waals surface area (Å²) in [5.74, 6) is -0.722. The van der Waals surface area contributed by atoms with Crippen molar-refractivity contribution in [3.05, 3.63) is 119 Å². The SMILES string of the molecule is Cc1ccc([C@@H](CNC(=O)C=Cc2ccccc2)OC(=O)C=Cc2ccccc2)cc1. The number of nitrogens with one attached hydrogen (secondary N) is 1. The van der Waals surface area contributed by atoms with E-state index in [2.05, 4.69) is 5.32 Å². The molecule has 0 aliphatic rings. The summed E-state index contributed by atoms with van der Waals surface area (Å²) in [5, 5.41) is 2.82. The normalized spacial score (nSPS) is 12.0. The molecule has 4 nitrogen and oxygen atoms in total. The van der Waals surface area contributed by atoms with E-state index in [0.29, 0.717) is 0 Å². The predicted octanol–water partition coefficient (Wildman–Crippen LogP) is 5.12. The third kappa shape index (κ3) is 7.44. The van der Waals surface area contributed by atoms with Crippen LogP contribution in [0.1, 0.15) is 28.4 Å². The van der Waals surface area contributed by atoms with Crippen molar-refractivity contribution in [1.29, 1.82) is 0 Å². The zero-order chi connectivity index (χ0) is 21.9. The van der Waals surface area contributed by atoms with Crippen molar-refractivity contribution in [2.24, 2.45) is 0 Å². The molecule has 0 radical (unpaired) electrons. The molecule has 156 valence electrons. The number of carbonyl (C=O) groups is 2. The summed E-state index contributed by atoms with van der Waals surface area (Å²) < 4.78 is 5.65. The maximum Gasteiger partial charge on any atom is 0.331 e. The molecule has 0 fully saturated rings. The molecule has 0 aliphatic heterocycles. The van der Waals surface area contributed by atoms with E-state index >= 15 is 0 Å². The van der Waals surface area contributed by atoms with Crippen LogP contribution in [0.15, 0.2) is 97.1 Å².